The SMILES string of the molecule is CCOC(=O)[C@H](C)NP(=O)(OC[C@H]1O[C@@H](n2ccc(N)nc2=O)[C@](C)(N=[N+]=[N-])[C@@H]1O)Oc1ccc(Cl)cc1. The Labute approximate surface area is 222 Å². The number of hydrogen-bond donors (Lipinski definition) is 3. The van der Waals surface area contributed by atoms with Crippen LogP contribution in [0.1, 0.15) is 27.0 Å². The van der Waals surface area contributed by atoms with Crippen molar-refractivity contribution in [2.75, 3.05) is 18.9 Å². The number of hydrogen-bond acceptors (Lipinski definition) is 11. The fraction of sp³-hybridized carbons (Fsp3) is 0.476. The Bertz CT molecular complexity index is 1310. The van der Waals surface area contributed by atoms with Crippen LogP contribution in [0, 0.1) is 0 Å². The summed E-state index contributed by atoms with van der Waals surface area (Å²) in [5.41, 5.74) is 12.2. The number of aromatic nitrogens is 2. The maximum atomic E-state index is 13.7. The molecule has 15 nitrogen and oxygen atoms in total. The van der Waals surface area contributed by atoms with Crippen molar-refractivity contribution in [3.8, 4) is 5.75 Å². The van der Waals surface area contributed by atoms with Crippen LogP contribution in [0.2, 0.25) is 5.02 Å². The van der Waals surface area contributed by atoms with E-state index in [-0.39, 0.29) is 18.2 Å². The molecule has 3 rings (SSSR count). The fourth-order valence-corrected chi connectivity index (χ4v) is 5.27. The number of rotatable bonds is 11. The van der Waals surface area contributed by atoms with E-state index in [9.17, 15) is 19.3 Å². The first-order valence-electron chi connectivity index (χ1n) is 11.3. The van der Waals surface area contributed by atoms with Crippen LogP contribution in [0.15, 0.2) is 46.4 Å². The second-order valence-corrected chi connectivity index (χ2v) is 10.5. The highest BCUT2D eigenvalue weighted by atomic mass is 35.5. The van der Waals surface area contributed by atoms with E-state index in [1.54, 1.807) is 6.92 Å². The van der Waals surface area contributed by atoms with Gasteiger partial charge in [-0.1, -0.05) is 16.7 Å². The first kappa shape index (κ1) is 29.4. The third kappa shape index (κ3) is 6.63. The molecule has 1 aliphatic heterocycles. The molecule has 0 bridgehead atoms. The van der Waals surface area contributed by atoms with Gasteiger partial charge in [-0.2, -0.15) is 10.1 Å². The lowest BCUT2D eigenvalue weighted by molar-refractivity contribution is -0.144. The molecule has 4 N–H and O–H groups in total. The summed E-state index contributed by atoms with van der Waals surface area (Å²) < 4.78 is 36.6. The summed E-state index contributed by atoms with van der Waals surface area (Å²) in [6, 6.07) is 6.08. The smallest absolute Gasteiger partial charge is 0.459 e. The van der Waals surface area contributed by atoms with E-state index in [0.717, 1.165) is 4.57 Å². The second-order valence-electron chi connectivity index (χ2n) is 8.37. The minimum absolute atomic E-state index is 0.0442. The summed E-state index contributed by atoms with van der Waals surface area (Å²) in [5, 5.41) is 17.6. The Morgan fingerprint density at radius 3 is 2.74 bits per heavy atom. The standard InChI is InChI=1S/C21H27ClN7O8P/c1-4-34-18(31)12(2)26-38(33,37-14-7-5-13(22)6-8-14)35-11-15-17(30)21(3,27-28-24)19(36-15)29-10-9-16(23)25-20(29)32/h5-10,12,15,17,19,30H,4,11H2,1-3H3,(H,26,33)(H2,23,25,32)/t12-,15+,17+,19+,21+,38?/m0/s1. The zero-order valence-electron chi connectivity index (χ0n) is 20.6. The Morgan fingerprint density at radius 1 is 1.45 bits per heavy atom. The molecule has 0 aliphatic carbocycles. The van der Waals surface area contributed by atoms with E-state index in [4.69, 9.17) is 41.4 Å². The van der Waals surface area contributed by atoms with Crippen molar-refractivity contribution in [3.63, 3.8) is 0 Å². The van der Waals surface area contributed by atoms with Crippen molar-refractivity contribution in [1.82, 2.24) is 14.6 Å². The van der Waals surface area contributed by atoms with Gasteiger partial charge in [0.2, 0.25) is 0 Å². The molecule has 1 aliphatic rings. The third-order valence-corrected chi connectivity index (χ3v) is 7.45. The van der Waals surface area contributed by atoms with E-state index in [0.29, 0.717) is 5.02 Å². The van der Waals surface area contributed by atoms with Crippen molar-refractivity contribution >= 4 is 31.1 Å². The van der Waals surface area contributed by atoms with Gasteiger partial charge in [0.05, 0.1) is 19.3 Å². The van der Waals surface area contributed by atoms with Crippen molar-refractivity contribution < 1.29 is 33.0 Å². The minimum atomic E-state index is -4.32. The van der Waals surface area contributed by atoms with Gasteiger partial charge >= 0.3 is 19.4 Å². The summed E-state index contributed by atoms with van der Waals surface area (Å²) in [4.78, 5) is 31.0. The molecule has 1 unspecified atom stereocenters. The number of nitrogens with one attached hydrogen (secondary N) is 1. The summed E-state index contributed by atoms with van der Waals surface area (Å²) in [7, 11) is -4.32. The van der Waals surface area contributed by atoms with E-state index >= 15 is 0 Å². The molecule has 1 fully saturated rings. The fourth-order valence-electron chi connectivity index (χ4n) is 3.64. The van der Waals surface area contributed by atoms with Crippen LogP contribution in [0.5, 0.6) is 5.75 Å². The summed E-state index contributed by atoms with van der Waals surface area (Å²) in [6.07, 6.45) is -2.83. The number of azide groups is 1. The zero-order valence-corrected chi connectivity index (χ0v) is 22.3. The molecular weight excluding hydrogens is 545 g/mol. The van der Waals surface area contributed by atoms with Crippen LogP contribution in [0.3, 0.4) is 0 Å². The van der Waals surface area contributed by atoms with Crippen molar-refractivity contribution in [2.24, 2.45) is 5.11 Å². The first-order chi connectivity index (χ1) is 17.9. The molecule has 206 valence electrons. The van der Waals surface area contributed by atoms with Gasteiger partial charge in [-0.15, -0.1) is 0 Å². The summed E-state index contributed by atoms with van der Waals surface area (Å²) in [5.74, 6) is -0.651. The normalized spacial score (nSPS) is 25.1. The summed E-state index contributed by atoms with van der Waals surface area (Å²) in [6.45, 7) is 3.90. The predicted octanol–water partition coefficient (Wildman–Crippen LogP) is 2.55. The molecule has 6 atom stereocenters. The highest BCUT2D eigenvalue weighted by Crippen LogP contribution is 2.47. The van der Waals surface area contributed by atoms with Crippen LogP contribution >= 0.6 is 19.3 Å². The molecule has 0 radical (unpaired) electrons. The number of ether oxygens (including phenoxy) is 2. The molecule has 1 saturated heterocycles. The molecule has 2 aromatic rings. The number of nitrogens with two attached hydrogens (primary N) is 1. The maximum Gasteiger partial charge on any atom is 0.459 e. The Morgan fingerprint density at radius 2 is 2.13 bits per heavy atom. The number of benzene rings is 1. The van der Waals surface area contributed by atoms with Crippen LogP contribution in [0.4, 0.5) is 5.82 Å². The number of halogens is 1. The van der Waals surface area contributed by atoms with Crippen LogP contribution < -0.4 is 21.0 Å². The highest BCUT2D eigenvalue weighted by Gasteiger charge is 2.55. The molecule has 0 saturated carbocycles. The second kappa shape index (κ2) is 12.1. The van der Waals surface area contributed by atoms with Crippen LogP contribution in [-0.4, -0.2) is 57.6 Å². The topological polar surface area (TPSA) is 213 Å². The number of carbonyl (C=O) groups excluding carboxylic acids is 1. The van der Waals surface area contributed by atoms with Crippen molar-refractivity contribution in [1.29, 1.82) is 0 Å². The van der Waals surface area contributed by atoms with Gasteiger partial charge in [0.1, 0.15) is 29.3 Å². The van der Waals surface area contributed by atoms with Gasteiger partial charge in [0.25, 0.3) is 0 Å². The number of aliphatic hydroxyl groups is 1. The molecule has 1 aromatic heterocycles. The lowest BCUT2D eigenvalue weighted by Gasteiger charge is -2.28. The number of nitrogen functional groups attached to an aromatic ring is 1. The number of carbonyl (C=O) groups is 1. The van der Waals surface area contributed by atoms with E-state index in [2.05, 4.69) is 20.1 Å². The first-order valence-corrected chi connectivity index (χ1v) is 13.2. The predicted molar refractivity (Wildman–Crippen MR) is 135 cm³/mol. The van der Waals surface area contributed by atoms with Crippen molar-refractivity contribution in [3.05, 3.63) is 62.5 Å². The number of aliphatic hydroxyl groups excluding tert-OH is 1. The van der Waals surface area contributed by atoms with E-state index in [1.165, 1.54) is 50.4 Å². The lowest BCUT2D eigenvalue weighted by Crippen LogP contribution is -2.45. The average molecular weight is 572 g/mol. The quantitative estimate of drug-likeness (QED) is 0.117. The summed E-state index contributed by atoms with van der Waals surface area (Å²) >= 11 is 5.90. The van der Waals surface area contributed by atoms with Gasteiger partial charge in [0.15, 0.2) is 6.23 Å². The molecule has 17 heteroatoms. The molecule has 1 aromatic carbocycles. The Hall–Kier alpha value is -3.16. The number of nitrogens with zero attached hydrogens (tertiary/aromatic N) is 5. The van der Waals surface area contributed by atoms with Gasteiger partial charge in [0, 0.05) is 16.1 Å². The van der Waals surface area contributed by atoms with Gasteiger partial charge in [-0.3, -0.25) is 13.9 Å². The van der Waals surface area contributed by atoms with Crippen LogP contribution in [0.25, 0.3) is 10.4 Å². The van der Waals surface area contributed by atoms with Crippen LogP contribution in [-0.2, 0) is 23.4 Å². The Balaban J connectivity index is 1.87. The molecular formula is C21H27ClN7O8P. The third-order valence-electron chi connectivity index (χ3n) is 5.56. The highest BCUT2D eigenvalue weighted by molar-refractivity contribution is 7.52. The molecule has 38 heavy (non-hydrogen) atoms. The van der Waals surface area contributed by atoms with Gasteiger partial charge < -0.3 is 24.8 Å². The lowest BCUT2D eigenvalue weighted by atomic mass is 9.93. The van der Waals surface area contributed by atoms with Gasteiger partial charge in [-0.05, 0) is 56.6 Å². The van der Waals surface area contributed by atoms with Crippen molar-refractivity contribution in [2.45, 2.75) is 50.8 Å². The Kier molecular flexibility index (Phi) is 9.39. The average Bonchev–Trinajstić information content (AvgIpc) is 3.09. The minimum Gasteiger partial charge on any atom is -0.465 e. The maximum absolute atomic E-state index is 13.7. The monoisotopic (exact) mass is 571 g/mol. The number of anilines is 1. The zero-order chi connectivity index (χ0) is 28.1. The van der Waals surface area contributed by atoms with E-state index < -0.39 is 56.0 Å². The molecule has 2 heterocycles. The molecule has 0 spiro atoms. The number of esters is 1. The molecule has 0 amide bonds. The van der Waals surface area contributed by atoms with E-state index in [1.807, 2.05) is 0 Å². The largest absolute Gasteiger partial charge is 0.465 e. The van der Waals surface area contributed by atoms with Gasteiger partial charge in [-0.25, -0.2) is 9.36 Å².